The lowest BCUT2D eigenvalue weighted by Gasteiger charge is -2.35. The molecule has 0 aliphatic heterocycles. The number of methoxy groups -OCH3 is 1. The van der Waals surface area contributed by atoms with Crippen LogP contribution in [-0.4, -0.2) is 50.4 Å². The number of sulfonamides is 1. The highest BCUT2D eigenvalue weighted by Crippen LogP contribution is 2.27. The molecular formula is C36H40BrN3O5S. The summed E-state index contributed by atoms with van der Waals surface area (Å²) < 4.78 is 35.6. The molecule has 4 aromatic carbocycles. The second-order valence-electron chi connectivity index (χ2n) is 12.1. The average Bonchev–Trinajstić information content (AvgIpc) is 3.02. The Morgan fingerprint density at radius 2 is 1.50 bits per heavy atom. The monoisotopic (exact) mass is 705 g/mol. The van der Waals surface area contributed by atoms with Crippen LogP contribution in [0.2, 0.25) is 0 Å². The molecule has 0 spiro atoms. The first kappa shape index (κ1) is 34.7. The van der Waals surface area contributed by atoms with Gasteiger partial charge in [0.25, 0.3) is 10.0 Å². The topological polar surface area (TPSA) is 96.0 Å². The third-order valence-electron chi connectivity index (χ3n) is 7.26. The van der Waals surface area contributed by atoms with Gasteiger partial charge in [-0.05, 0) is 87.4 Å². The summed E-state index contributed by atoms with van der Waals surface area (Å²) in [6.07, 6.45) is 0.224. The Morgan fingerprint density at radius 1 is 0.870 bits per heavy atom. The number of hydrogen-bond acceptors (Lipinski definition) is 5. The van der Waals surface area contributed by atoms with Gasteiger partial charge in [-0.15, -0.1) is 0 Å². The minimum absolute atomic E-state index is 0.0455. The number of ether oxygens (including phenoxy) is 1. The fraction of sp³-hybridized carbons (Fsp3) is 0.278. The van der Waals surface area contributed by atoms with Crippen LogP contribution in [-0.2, 0) is 32.6 Å². The average molecular weight is 707 g/mol. The van der Waals surface area contributed by atoms with Crippen LogP contribution in [0.4, 0.5) is 5.69 Å². The molecule has 0 heterocycles. The molecule has 46 heavy (non-hydrogen) atoms. The summed E-state index contributed by atoms with van der Waals surface area (Å²) in [7, 11) is -2.62. The maximum absolute atomic E-state index is 14.6. The standard InChI is InChI=1S/C36H40BrN3O5S/c1-26-14-20-32(21-15-26)46(43,44)40(30-18-16-29(37)17-19-30)25-34(41)39(24-28-12-9-13-31(22-28)45-5)33(35(42)38-36(2,3)4)23-27-10-7-6-8-11-27/h6-22,33H,23-25H2,1-5H3,(H,38,42)/t33-/m1/s1. The normalized spacial score (nSPS) is 12.2. The first-order valence-corrected chi connectivity index (χ1v) is 17.1. The SMILES string of the molecule is COc1cccc(CN(C(=O)CN(c2ccc(Br)cc2)S(=O)(=O)c2ccc(C)cc2)[C@H](Cc2ccccc2)C(=O)NC(C)(C)C)c1. The summed E-state index contributed by atoms with van der Waals surface area (Å²) in [4.78, 5) is 30.1. The van der Waals surface area contributed by atoms with Gasteiger partial charge in [-0.1, -0.05) is 76.1 Å². The van der Waals surface area contributed by atoms with Crippen molar-refractivity contribution in [3.05, 3.63) is 124 Å². The first-order chi connectivity index (χ1) is 21.8. The highest BCUT2D eigenvalue weighted by atomic mass is 79.9. The minimum atomic E-state index is -4.18. The van der Waals surface area contributed by atoms with Crippen molar-refractivity contribution in [2.24, 2.45) is 0 Å². The van der Waals surface area contributed by atoms with E-state index in [9.17, 15) is 18.0 Å². The van der Waals surface area contributed by atoms with E-state index in [-0.39, 0.29) is 23.8 Å². The molecule has 4 rings (SSSR count). The van der Waals surface area contributed by atoms with Crippen molar-refractivity contribution in [1.82, 2.24) is 10.2 Å². The van der Waals surface area contributed by atoms with Gasteiger partial charge in [0.1, 0.15) is 18.3 Å². The van der Waals surface area contributed by atoms with Crippen LogP contribution in [0.25, 0.3) is 0 Å². The summed E-state index contributed by atoms with van der Waals surface area (Å²) in [5.74, 6) is -0.280. The molecule has 0 fully saturated rings. The molecule has 10 heteroatoms. The van der Waals surface area contributed by atoms with Crippen molar-refractivity contribution < 1.29 is 22.7 Å². The van der Waals surface area contributed by atoms with Gasteiger partial charge in [-0.2, -0.15) is 0 Å². The number of rotatable bonds is 12. The molecule has 2 amide bonds. The molecule has 0 saturated carbocycles. The van der Waals surface area contributed by atoms with Crippen molar-refractivity contribution >= 4 is 43.5 Å². The van der Waals surface area contributed by atoms with E-state index in [0.29, 0.717) is 11.4 Å². The number of carbonyl (C=O) groups is 2. The number of halogens is 1. The van der Waals surface area contributed by atoms with E-state index >= 15 is 0 Å². The number of benzene rings is 4. The van der Waals surface area contributed by atoms with Gasteiger partial charge in [-0.3, -0.25) is 13.9 Å². The molecule has 0 unspecified atom stereocenters. The van der Waals surface area contributed by atoms with Crippen molar-refractivity contribution in [3.63, 3.8) is 0 Å². The number of nitrogens with zero attached hydrogens (tertiary/aromatic N) is 2. The van der Waals surface area contributed by atoms with Gasteiger partial charge < -0.3 is 15.0 Å². The number of carbonyl (C=O) groups excluding carboxylic acids is 2. The third-order valence-corrected chi connectivity index (χ3v) is 9.58. The summed E-state index contributed by atoms with van der Waals surface area (Å²) in [6.45, 7) is 7.02. The zero-order valence-electron chi connectivity index (χ0n) is 26.7. The fourth-order valence-corrected chi connectivity index (χ4v) is 6.63. The van der Waals surface area contributed by atoms with Crippen molar-refractivity contribution in [2.45, 2.75) is 57.1 Å². The Balaban J connectivity index is 1.82. The number of nitrogens with one attached hydrogen (secondary N) is 1. The Morgan fingerprint density at radius 3 is 2.11 bits per heavy atom. The van der Waals surface area contributed by atoms with Crippen LogP contribution in [0.15, 0.2) is 112 Å². The van der Waals surface area contributed by atoms with Gasteiger partial charge >= 0.3 is 0 Å². The zero-order valence-corrected chi connectivity index (χ0v) is 29.1. The summed E-state index contributed by atoms with van der Waals surface area (Å²) in [5, 5.41) is 3.04. The van der Waals surface area contributed by atoms with Crippen LogP contribution in [0.5, 0.6) is 5.75 Å². The predicted molar refractivity (Wildman–Crippen MR) is 185 cm³/mol. The lowest BCUT2D eigenvalue weighted by Crippen LogP contribution is -2.56. The molecule has 4 aromatic rings. The Labute approximate surface area is 280 Å². The highest BCUT2D eigenvalue weighted by Gasteiger charge is 2.35. The highest BCUT2D eigenvalue weighted by molar-refractivity contribution is 9.10. The van der Waals surface area contributed by atoms with E-state index in [1.54, 1.807) is 55.6 Å². The lowest BCUT2D eigenvalue weighted by molar-refractivity contribution is -0.140. The van der Waals surface area contributed by atoms with Gasteiger partial charge in [0.05, 0.1) is 17.7 Å². The van der Waals surface area contributed by atoms with E-state index in [1.165, 1.54) is 17.0 Å². The van der Waals surface area contributed by atoms with Crippen molar-refractivity contribution in [2.75, 3.05) is 18.0 Å². The van der Waals surface area contributed by atoms with E-state index < -0.39 is 34.1 Å². The molecule has 0 saturated heterocycles. The third kappa shape index (κ3) is 9.20. The van der Waals surface area contributed by atoms with Crippen LogP contribution in [0.3, 0.4) is 0 Å². The summed E-state index contributed by atoms with van der Waals surface area (Å²) in [6, 6.07) is 29.0. The Bertz CT molecular complexity index is 1740. The number of aryl methyl sites for hydroxylation is 1. The molecule has 1 N–H and O–H groups in total. The van der Waals surface area contributed by atoms with Crippen LogP contribution < -0.4 is 14.4 Å². The smallest absolute Gasteiger partial charge is 0.264 e. The second-order valence-corrected chi connectivity index (χ2v) is 14.9. The summed E-state index contributed by atoms with van der Waals surface area (Å²) >= 11 is 3.41. The fourth-order valence-electron chi connectivity index (χ4n) is 4.95. The van der Waals surface area contributed by atoms with Crippen LogP contribution in [0.1, 0.15) is 37.5 Å². The van der Waals surface area contributed by atoms with E-state index in [2.05, 4.69) is 21.2 Å². The molecule has 242 valence electrons. The van der Waals surface area contributed by atoms with E-state index in [1.807, 2.05) is 70.2 Å². The summed E-state index contributed by atoms with van der Waals surface area (Å²) in [5.41, 5.74) is 2.23. The van der Waals surface area contributed by atoms with Crippen LogP contribution >= 0.6 is 15.9 Å². The van der Waals surface area contributed by atoms with Crippen molar-refractivity contribution in [1.29, 1.82) is 0 Å². The van der Waals surface area contributed by atoms with Gasteiger partial charge in [0, 0.05) is 23.0 Å². The largest absolute Gasteiger partial charge is 0.497 e. The van der Waals surface area contributed by atoms with Gasteiger partial charge in [0.15, 0.2) is 0 Å². The van der Waals surface area contributed by atoms with Gasteiger partial charge in [-0.25, -0.2) is 8.42 Å². The van der Waals surface area contributed by atoms with Crippen molar-refractivity contribution in [3.8, 4) is 5.75 Å². The Hall–Kier alpha value is -4.15. The second kappa shape index (κ2) is 15.0. The molecule has 0 aromatic heterocycles. The molecule has 0 bridgehead atoms. The van der Waals surface area contributed by atoms with Gasteiger partial charge in [0.2, 0.25) is 11.8 Å². The molecule has 0 aliphatic carbocycles. The maximum atomic E-state index is 14.6. The Kier molecular flexibility index (Phi) is 11.3. The molecule has 8 nitrogen and oxygen atoms in total. The number of anilines is 1. The molecular weight excluding hydrogens is 666 g/mol. The number of hydrogen-bond donors (Lipinski definition) is 1. The first-order valence-electron chi connectivity index (χ1n) is 14.9. The molecule has 1 atom stereocenters. The molecule has 0 radical (unpaired) electrons. The molecule has 0 aliphatic rings. The van der Waals surface area contributed by atoms with E-state index in [0.717, 1.165) is 25.5 Å². The quantitative estimate of drug-likeness (QED) is 0.181. The van der Waals surface area contributed by atoms with Crippen LogP contribution in [0, 0.1) is 6.92 Å². The zero-order chi connectivity index (χ0) is 33.5. The minimum Gasteiger partial charge on any atom is -0.497 e. The van der Waals surface area contributed by atoms with E-state index in [4.69, 9.17) is 4.74 Å². The predicted octanol–water partition coefficient (Wildman–Crippen LogP) is 6.52. The lowest BCUT2D eigenvalue weighted by atomic mass is 10.0. The maximum Gasteiger partial charge on any atom is 0.264 e. The number of amides is 2.